The fraction of sp³-hybridized carbons (Fsp3) is 0.455. The molecule has 0 atom stereocenters. The normalized spacial score (nSPS) is 12.3. The molecule has 7 heteroatoms. The minimum atomic E-state index is -4.56. The second kappa shape index (κ2) is 4.47. The van der Waals surface area contributed by atoms with Gasteiger partial charge in [0, 0.05) is 5.54 Å². The van der Waals surface area contributed by atoms with Crippen LogP contribution in [0, 0.1) is 0 Å². The lowest BCUT2D eigenvalue weighted by Crippen LogP contribution is -2.29. The summed E-state index contributed by atoms with van der Waals surface area (Å²) in [7, 11) is 0. The van der Waals surface area contributed by atoms with Crippen LogP contribution in [0.5, 0.6) is 0 Å². The minimum absolute atomic E-state index is 0.0714. The summed E-state index contributed by atoms with van der Waals surface area (Å²) in [4.78, 5) is 14.5. The van der Waals surface area contributed by atoms with Gasteiger partial charge in [-0.2, -0.15) is 13.2 Å². The third kappa shape index (κ3) is 3.61. The van der Waals surface area contributed by atoms with Crippen molar-refractivity contribution in [2.45, 2.75) is 32.5 Å². The summed E-state index contributed by atoms with van der Waals surface area (Å²) in [6.45, 7) is 5.21. The predicted octanol–water partition coefficient (Wildman–Crippen LogP) is 2.41. The number of amides is 1. The van der Waals surface area contributed by atoms with Gasteiger partial charge in [-0.1, -0.05) is 0 Å². The number of nitrogens with two attached hydrogens (primary N) is 1. The van der Waals surface area contributed by atoms with Crippen LogP contribution >= 0.6 is 0 Å². The molecule has 1 heterocycles. The van der Waals surface area contributed by atoms with Crippen molar-refractivity contribution in [2.24, 2.45) is 5.73 Å². The lowest BCUT2D eigenvalue weighted by atomic mass is 10.1. The van der Waals surface area contributed by atoms with Crippen molar-refractivity contribution in [3.8, 4) is 0 Å². The van der Waals surface area contributed by atoms with Gasteiger partial charge in [0.25, 0.3) is 5.91 Å². The molecule has 0 unspecified atom stereocenters. The Morgan fingerprint density at radius 3 is 2.22 bits per heavy atom. The Labute approximate surface area is 102 Å². The second-order valence-electron chi connectivity index (χ2n) is 4.83. The van der Waals surface area contributed by atoms with Crippen molar-refractivity contribution in [3.63, 3.8) is 0 Å². The molecule has 0 radical (unpaired) electrons. The first kappa shape index (κ1) is 14.3. The Balaban J connectivity index is 3.29. The highest BCUT2D eigenvalue weighted by Gasteiger charge is 2.33. The van der Waals surface area contributed by atoms with Gasteiger partial charge in [-0.3, -0.25) is 4.79 Å². The third-order valence-electron chi connectivity index (χ3n) is 1.94. The maximum absolute atomic E-state index is 12.5. The van der Waals surface area contributed by atoms with Gasteiger partial charge >= 0.3 is 6.18 Å². The molecular formula is C11H14F3N3O. The SMILES string of the molecule is CC(C)(C)Nc1nc(C(F)(F)F)ccc1C(N)=O. The van der Waals surface area contributed by atoms with Crippen molar-refractivity contribution in [1.29, 1.82) is 0 Å². The van der Waals surface area contributed by atoms with Gasteiger partial charge in [-0.25, -0.2) is 4.98 Å². The van der Waals surface area contributed by atoms with E-state index in [9.17, 15) is 18.0 Å². The summed E-state index contributed by atoms with van der Waals surface area (Å²) in [5.41, 5.74) is 3.41. The number of primary amides is 1. The summed E-state index contributed by atoms with van der Waals surface area (Å²) >= 11 is 0. The van der Waals surface area contributed by atoms with Gasteiger partial charge in [0.15, 0.2) is 0 Å². The number of pyridine rings is 1. The lowest BCUT2D eigenvalue weighted by Gasteiger charge is -2.23. The molecule has 3 N–H and O–H groups in total. The van der Waals surface area contributed by atoms with Crippen molar-refractivity contribution >= 4 is 11.7 Å². The number of nitrogens with zero attached hydrogens (tertiary/aromatic N) is 1. The van der Waals surface area contributed by atoms with E-state index >= 15 is 0 Å². The van der Waals surface area contributed by atoms with Crippen molar-refractivity contribution in [3.05, 3.63) is 23.4 Å². The zero-order valence-electron chi connectivity index (χ0n) is 10.2. The largest absolute Gasteiger partial charge is 0.433 e. The zero-order valence-corrected chi connectivity index (χ0v) is 10.2. The van der Waals surface area contributed by atoms with Crippen molar-refractivity contribution < 1.29 is 18.0 Å². The number of halogens is 3. The molecule has 0 aliphatic heterocycles. The number of hydrogen-bond acceptors (Lipinski definition) is 3. The lowest BCUT2D eigenvalue weighted by molar-refractivity contribution is -0.141. The Bertz CT molecular complexity index is 464. The average Bonchev–Trinajstić information content (AvgIpc) is 2.12. The first-order valence-electron chi connectivity index (χ1n) is 5.17. The number of carbonyl (C=O) groups excluding carboxylic acids is 1. The van der Waals surface area contributed by atoms with Crippen molar-refractivity contribution in [2.75, 3.05) is 5.32 Å². The Kier molecular flexibility index (Phi) is 3.54. The van der Waals surface area contributed by atoms with E-state index in [2.05, 4.69) is 10.3 Å². The van der Waals surface area contributed by atoms with E-state index in [1.165, 1.54) is 0 Å². The summed E-state index contributed by atoms with van der Waals surface area (Å²) in [5.74, 6) is -0.993. The summed E-state index contributed by atoms with van der Waals surface area (Å²) in [6.07, 6.45) is -4.56. The fourth-order valence-corrected chi connectivity index (χ4v) is 1.27. The molecule has 0 aliphatic carbocycles. The highest BCUT2D eigenvalue weighted by Crippen LogP contribution is 2.30. The van der Waals surface area contributed by atoms with E-state index in [0.717, 1.165) is 12.1 Å². The maximum atomic E-state index is 12.5. The average molecular weight is 261 g/mol. The molecule has 1 aromatic heterocycles. The monoisotopic (exact) mass is 261 g/mol. The number of nitrogens with one attached hydrogen (secondary N) is 1. The molecule has 0 bridgehead atoms. The van der Waals surface area contributed by atoms with Gasteiger partial charge in [0.05, 0.1) is 5.56 Å². The van der Waals surface area contributed by atoms with E-state index in [1.807, 2.05) is 0 Å². The molecule has 0 fully saturated rings. The van der Waals surface area contributed by atoms with Crippen LogP contribution in [0.4, 0.5) is 19.0 Å². The van der Waals surface area contributed by atoms with Crippen molar-refractivity contribution in [1.82, 2.24) is 4.98 Å². The van der Waals surface area contributed by atoms with Crippen LogP contribution in [0.3, 0.4) is 0 Å². The van der Waals surface area contributed by atoms with Gasteiger partial charge < -0.3 is 11.1 Å². The highest BCUT2D eigenvalue weighted by atomic mass is 19.4. The summed E-state index contributed by atoms with van der Waals surface area (Å²) in [6, 6.07) is 1.75. The molecule has 0 spiro atoms. The molecule has 0 aromatic carbocycles. The van der Waals surface area contributed by atoms with Crippen LogP contribution in [0.2, 0.25) is 0 Å². The van der Waals surface area contributed by atoms with Gasteiger partial charge in [0.1, 0.15) is 11.5 Å². The molecule has 1 amide bonds. The first-order chi connectivity index (χ1) is 8.00. The molecule has 0 saturated carbocycles. The predicted molar refractivity (Wildman–Crippen MR) is 61.1 cm³/mol. The van der Waals surface area contributed by atoms with Gasteiger partial charge in [0.2, 0.25) is 0 Å². The molecule has 0 aliphatic rings. The highest BCUT2D eigenvalue weighted by molar-refractivity contribution is 5.97. The molecule has 4 nitrogen and oxygen atoms in total. The summed E-state index contributed by atoms with van der Waals surface area (Å²) in [5, 5.41) is 2.73. The molecule has 18 heavy (non-hydrogen) atoms. The standard InChI is InChI=1S/C11H14F3N3O/c1-10(2,3)17-9-6(8(15)18)4-5-7(16-9)11(12,13)14/h4-5H,1-3H3,(H2,15,18)(H,16,17). The Morgan fingerprint density at radius 2 is 1.83 bits per heavy atom. The molecule has 1 aromatic rings. The van der Waals surface area contributed by atoms with E-state index in [4.69, 9.17) is 5.73 Å². The van der Waals surface area contributed by atoms with Crippen LogP contribution in [-0.4, -0.2) is 16.4 Å². The fourth-order valence-electron chi connectivity index (χ4n) is 1.27. The van der Waals surface area contributed by atoms with Crippen LogP contribution in [0.25, 0.3) is 0 Å². The van der Waals surface area contributed by atoms with E-state index in [-0.39, 0.29) is 11.4 Å². The van der Waals surface area contributed by atoms with E-state index in [0.29, 0.717) is 0 Å². The number of aromatic nitrogens is 1. The van der Waals surface area contributed by atoms with E-state index < -0.39 is 23.3 Å². The van der Waals surface area contributed by atoms with Crippen LogP contribution in [-0.2, 0) is 6.18 Å². The third-order valence-corrected chi connectivity index (χ3v) is 1.94. The summed E-state index contributed by atoms with van der Waals surface area (Å²) < 4.78 is 37.6. The van der Waals surface area contributed by atoms with Crippen LogP contribution in [0.15, 0.2) is 12.1 Å². The molecule has 100 valence electrons. The molecular weight excluding hydrogens is 247 g/mol. The van der Waals surface area contributed by atoms with Crippen LogP contribution < -0.4 is 11.1 Å². The zero-order chi connectivity index (χ0) is 14.1. The first-order valence-corrected chi connectivity index (χ1v) is 5.17. The quantitative estimate of drug-likeness (QED) is 0.859. The van der Waals surface area contributed by atoms with Crippen LogP contribution in [0.1, 0.15) is 36.8 Å². The topological polar surface area (TPSA) is 68.0 Å². The Morgan fingerprint density at radius 1 is 1.28 bits per heavy atom. The number of carbonyl (C=O) groups is 1. The second-order valence-corrected chi connectivity index (χ2v) is 4.83. The number of rotatable bonds is 2. The minimum Gasteiger partial charge on any atom is -0.365 e. The number of hydrogen-bond donors (Lipinski definition) is 2. The Hall–Kier alpha value is -1.79. The van der Waals surface area contributed by atoms with E-state index in [1.54, 1.807) is 20.8 Å². The maximum Gasteiger partial charge on any atom is 0.433 e. The van der Waals surface area contributed by atoms with Gasteiger partial charge in [-0.15, -0.1) is 0 Å². The smallest absolute Gasteiger partial charge is 0.365 e. The molecule has 1 rings (SSSR count). The molecule has 0 saturated heterocycles. The number of anilines is 1. The van der Waals surface area contributed by atoms with Gasteiger partial charge in [-0.05, 0) is 32.9 Å². The number of alkyl halides is 3.